The molecule has 2 unspecified atom stereocenters. The molecular formula is C21H27N5S3. The molecule has 1 saturated carbocycles. The Hall–Kier alpha value is -1.22. The minimum absolute atomic E-state index is 0.724. The van der Waals surface area contributed by atoms with Crippen LogP contribution >= 0.6 is 35.3 Å². The van der Waals surface area contributed by atoms with E-state index in [1.165, 1.54) is 49.8 Å². The monoisotopic (exact) mass is 445 g/mol. The van der Waals surface area contributed by atoms with Gasteiger partial charge in [-0.3, -0.25) is 4.90 Å². The highest BCUT2D eigenvalue weighted by Gasteiger charge is 2.33. The Balaban J connectivity index is 1.30. The van der Waals surface area contributed by atoms with Crippen molar-refractivity contribution in [1.29, 1.82) is 0 Å². The van der Waals surface area contributed by atoms with Gasteiger partial charge in [-0.1, -0.05) is 36.7 Å². The quantitative estimate of drug-likeness (QED) is 0.385. The van der Waals surface area contributed by atoms with Gasteiger partial charge in [0.15, 0.2) is 9.11 Å². The number of fused-ring (bicyclic) bond motifs is 2. The molecule has 0 amide bonds. The molecule has 5 rings (SSSR count). The average molecular weight is 446 g/mol. The number of nitrogens with zero attached hydrogens (tertiary/aromatic N) is 5. The minimum Gasteiger partial charge on any atom is -0.306 e. The molecule has 154 valence electrons. The van der Waals surface area contributed by atoms with Gasteiger partial charge in [0.1, 0.15) is 5.82 Å². The second-order valence-electron chi connectivity index (χ2n) is 8.20. The van der Waals surface area contributed by atoms with E-state index in [0.717, 1.165) is 44.8 Å². The first-order valence-electron chi connectivity index (χ1n) is 10.5. The fourth-order valence-electron chi connectivity index (χ4n) is 4.87. The molecule has 0 N–H and O–H groups in total. The van der Waals surface area contributed by atoms with Crippen LogP contribution in [0.4, 0.5) is 0 Å². The fraction of sp³-hybridized carbons (Fsp3) is 0.571. The normalized spacial score (nSPS) is 22.8. The second-order valence-corrected chi connectivity index (χ2v) is 10.8. The lowest BCUT2D eigenvalue weighted by atomic mass is 9.78. The van der Waals surface area contributed by atoms with Gasteiger partial charge in [-0.05, 0) is 56.0 Å². The number of benzene rings is 1. The number of aromatic nitrogens is 4. The van der Waals surface area contributed by atoms with Crippen molar-refractivity contribution in [2.24, 2.45) is 13.0 Å². The van der Waals surface area contributed by atoms with E-state index in [1.807, 2.05) is 17.8 Å². The number of rotatable bonds is 5. The number of piperidine rings is 1. The van der Waals surface area contributed by atoms with Crippen LogP contribution in [0.1, 0.15) is 44.3 Å². The summed E-state index contributed by atoms with van der Waals surface area (Å²) in [5.41, 5.74) is 1.07. The molecule has 0 bridgehead atoms. The van der Waals surface area contributed by atoms with E-state index in [2.05, 4.69) is 27.7 Å². The van der Waals surface area contributed by atoms with Gasteiger partial charge in [0.25, 0.3) is 0 Å². The molecule has 2 fully saturated rings. The molecule has 8 heteroatoms. The lowest BCUT2D eigenvalue weighted by Gasteiger charge is -2.43. The van der Waals surface area contributed by atoms with E-state index in [-0.39, 0.29) is 0 Å². The van der Waals surface area contributed by atoms with Crippen LogP contribution in [0.25, 0.3) is 10.2 Å². The predicted octanol–water partition coefficient (Wildman–Crippen LogP) is 5.47. The summed E-state index contributed by atoms with van der Waals surface area (Å²) < 4.78 is 7.26. The molecule has 1 aliphatic heterocycles. The molecule has 3 aromatic rings. The zero-order valence-electron chi connectivity index (χ0n) is 16.8. The van der Waals surface area contributed by atoms with Gasteiger partial charge >= 0.3 is 0 Å². The van der Waals surface area contributed by atoms with Crippen LogP contribution in [0, 0.1) is 10.7 Å². The minimum atomic E-state index is 0.724. The summed E-state index contributed by atoms with van der Waals surface area (Å²) in [5.74, 6) is 2.69. The third-order valence-electron chi connectivity index (χ3n) is 6.40. The number of thiazole rings is 1. The maximum atomic E-state index is 5.73. The van der Waals surface area contributed by atoms with Crippen LogP contribution < -0.4 is 0 Å². The Morgan fingerprint density at radius 2 is 2.00 bits per heavy atom. The molecular weight excluding hydrogens is 418 g/mol. The maximum Gasteiger partial charge on any atom is 0.198 e. The molecule has 3 heterocycles. The molecule has 1 saturated heterocycles. The van der Waals surface area contributed by atoms with Crippen LogP contribution in [0.3, 0.4) is 0 Å². The smallest absolute Gasteiger partial charge is 0.198 e. The van der Waals surface area contributed by atoms with Gasteiger partial charge in [0.05, 0.1) is 22.6 Å². The van der Waals surface area contributed by atoms with Crippen LogP contribution in [-0.4, -0.2) is 36.8 Å². The number of hydrogen-bond acceptors (Lipinski definition) is 6. The van der Waals surface area contributed by atoms with Gasteiger partial charge in [-0.2, -0.15) is 5.10 Å². The third kappa shape index (κ3) is 4.04. The Morgan fingerprint density at radius 3 is 2.90 bits per heavy atom. The topological polar surface area (TPSA) is 38.9 Å². The fourth-order valence-corrected chi connectivity index (χ4v) is 7.11. The second kappa shape index (κ2) is 8.49. The van der Waals surface area contributed by atoms with Crippen molar-refractivity contribution < 1.29 is 0 Å². The maximum absolute atomic E-state index is 5.73. The van der Waals surface area contributed by atoms with E-state index in [1.54, 1.807) is 23.1 Å². The van der Waals surface area contributed by atoms with Gasteiger partial charge in [0.2, 0.25) is 0 Å². The Bertz CT molecular complexity index is 1020. The molecule has 29 heavy (non-hydrogen) atoms. The van der Waals surface area contributed by atoms with Gasteiger partial charge in [-0.25, -0.2) is 9.67 Å². The first-order chi connectivity index (χ1) is 14.2. The summed E-state index contributed by atoms with van der Waals surface area (Å²) in [7, 11) is 2.04. The summed E-state index contributed by atoms with van der Waals surface area (Å²) in [6.07, 6.45) is 8.23. The van der Waals surface area contributed by atoms with Crippen molar-refractivity contribution in [1.82, 2.24) is 24.2 Å². The van der Waals surface area contributed by atoms with Crippen molar-refractivity contribution in [3.8, 4) is 0 Å². The number of thioether (sulfide) groups is 1. The SMILES string of the molecule is Cn1c(CSc2nc3ccccc3s2)nn(CN2CCCC3CCCCC32)c1=S. The third-order valence-corrected chi connectivity index (χ3v) is 9.06. The number of hydrogen-bond donors (Lipinski definition) is 0. The van der Waals surface area contributed by atoms with E-state index in [4.69, 9.17) is 22.3 Å². The summed E-state index contributed by atoms with van der Waals surface area (Å²) in [6, 6.07) is 9.03. The van der Waals surface area contributed by atoms with E-state index >= 15 is 0 Å². The molecule has 0 radical (unpaired) electrons. The van der Waals surface area contributed by atoms with Crippen LogP contribution in [0.5, 0.6) is 0 Å². The van der Waals surface area contributed by atoms with Crippen LogP contribution in [-0.2, 0) is 19.5 Å². The molecule has 2 aliphatic rings. The average Bonchev–Trinajstić information content (AvgIpc) is 3.28. The van der Waals surface area contributed by atoms with Crippen molar-refractivity contribution in [3.05, 3.63) is 34.9 Å². The zero-order valence-corrected chi connectivity index (χ0v) is 19.2. The van der Waals surface area contributed by atoms with Crippen molar-refractivity contribution in [2.75, 3.05) is 6.54 Å². The molecule has 1 aromatic carbocycles. The van der Waals surface area contributed by atoms with Gasteiger partial charge in [0, 0.05) is 19.6 Å². The van der Waals surface area contributed by atoms with E-state index < -0.39 is 0 Å². The summed E-state index contributed by atoms with van der Waals surface area (Å²) >= 11 is 9.23. The van der Waals surface area contributed by atoms with E-state index in [9.17, 15) is 0 Å². The first-order valence-corrected chi connectivity index (χ1v) is 12.8. The highest BCUT2D eigenvalue weighted by molar-refractivity contribution is 8.00. The number of para-hydroxylation sites is 1. The molecule has 1 aliphatic carbocycles. The van der Waals surface area contributed by atoms with Gasteiger partial charge in [-0.15, -0.1) is 11.3 Å². The summed E-state index contributed by atoms with van der Waals surface area (Å²) in [4.78, 5) is 7.37. The largest absolute Gasteiger partial charge is 0.306 e. The van der Waals surface area contributed by atoms with E-state index in [0.29, 0.717) is 0 Å². The van der Waals surface area contributed by atoms with Crippen molar-refractivity contribution >= 4 is 45.5 Å². The molecule has 2 atom stereocenters. The van der Waals surface area contributed by atoms with Crippen LogP contribution in [0.2, 0.25) is 0 Å². The number of likely N-dealkylation sites (tertiary alicyclic amines) is 1. The lowest BCUT2D eigenvalue weighted by Crippen LogP contribution is -2.47. The summed E-state index contributed by atoms with van der Waals surface area (Å²) in [6.45, 7) is 2.01. The Morgan fingerprint density at radius 1 is 1.17 bits per heavy atom. The highest BCUT2D eigenvalue weighted by atomic mass is 32.2. The standard InChI is InChI=1S/C21H27N5S3/c1-24-19(13-28-20-22-16-9-3-5-11-18(16)29-20)23-26(21(24)27)14-25-12-6-8-15-7-2-4-10-17(15)25/h3,5,9,11,15,17H,2,4,6-8,10,12-14H2,1H3. The predicted molar refractivity (Wildman–Crippen MR) is 123 cm³/mol. The first kappa shape index (κ1) is 19.7. The summed E-state index contributed by atoms with van der Waals surface area (Å²) in [5, 5.41) is 4.90. The zero-order chi connectivity index (χ0) is 19.8. The lowest BCUT2D eigenvalue weighted by molar-refractivity contribution is 0.0322. The van der Waals surface area contributed by atoms with Crippen molar-refractivity contribution in [3.63, 3.8) is 0 Å². The highest BCUT2D eigenvalue weighted by Crippen LogP contribution is 2.35. The van der Waals surface area contributed by atoms with Crippen LogP contribution in [0.15, 0.2) is 28.6 Å². The Labute approximate surface area is 185 Å². The molecule has 0 spiro atoms. The molecule has 2 aromatic heterocycles. The molecule has 5 nitrogen and oxygen atoms in total. The van der Waals surface area contributed by atoms with Crippen molar-refractivity contribution in [2.45, 2.75) is 61.3 Å². The van der Waals surface area contributed by atoms with Gasteiger partial charge < -0.3 is 4.57 Å². The Kier molecular flexibility index (Phi) is 5.78.